The average molecular weight is 229 g/mol. The summed E-state index contributed by atoms with van der Waals surface area (Å²) in [5.74, 6) is 0. The molecule has 2 nitrogen and oxygen atoms in total. The van der Waals surface area contributed by atoms with Crippen molar-refractivity contribution in [2.24, 2.45) is 5.41 Å². The van der Waals surface area contributed by atoms with Crippen LogP contribution in [0.25, 0.3) is 0 Å². The van der Waals surface area contributed by atoms with Gasteiger partial charge in [-0.25, -0.2) is 0 Å². The molecule has 1 aromatic rings. The average Bonchev–Trinajstić information content (AvgIpc) is 2.35. The Balaban J connectivity index is 2.23. The fourth-order valence-electron chi connectivity index (χ4n) is 2.45. The van der Waals surface area contributed by atoms with Crippen LogP contribution in [0.2, 0.25) is 0 Å². The zero-order valence-electron chi connectivity index (χ0n) is 10.6. The van der Waals surface area contributed by atoms with Crippen molar-refractivity contribution in [3.8, 4) is 6.07 Å². The fourth-order valence-corrected chi connectivity index (χ4v) is 2.45. The lowest BCUT2D eigenvalue weighted by atomic mass is 9.76. The molecular weight excluding hydrogens is 210 g/mol. The molecule has 0 saturated carbocycles. The Morgan fingerprint density at radius 1 is 1.29 bits per heavy atom. The topological polar surface area (TPSA) is 33.0 Å². The van der Waals surface area contributed by atoms with Crippen LogP contribution in [0.3, 0.4) is 0 Å². The lowest BCUT2D eigenvalue weighted by Crippen LogP contribution is -2.30. The Labute approximate surface area is 103 Å². The third kappa shape index (κ3) is 2.68. The third-order valence-corrected chi connectivity index (χ3v) is 3.72. The summed E-state index contributed by atoms with van der Waals surface area (Å²) >= 11 is 0. The van der Waals surface area contributed by atoms with E-state index < -0.39 is 0 Å². The molecule has 1 aliphatic rings. The molecule has 1 fully saturated rings. The number of nitriles is 1. The van der Waals surface area contributed by atoms with Gasteiger partial charge in [-0.1, -0.05) is 23.8 Å². The van der Waals surface area contributed by atoms with E-state index in [9.17, 15) is 5.26 Å². The molecule has 1 aliphatic heterocycles. The summed E-state index contributed by atoms with van der Waals surface area (Å²) in [6.07, 6.45) is 2.58. The molecule has 1 saturated heterocycles. The molecule has 0 radical (unpaired) electrons. The van der Waals surface area contributed by atoms with Crippen molar-refractivity contribution >= 4 is 0 Å². The summed E-state index contributed by atoms with van der Waals surface area (Å²) in [5.41, 5.74) is 3.66. The number of hydrogen-bond donors (Lipinski definition) is 0. The number of rotatable bonds is 2. The Bertz CT molecular complexity index is 439. The number of hydrogen-bond acceptors (Lipinski definition) is 2. The minimum Gasteiger partial charge on any atom is -0.381 e. The smallest absolute Gasteiger partial charge is 0.0695 e. The SMILES string of the molecule is Cc1ccc(C)c(CC2(C#N)CCOCC2)c1. The highest BCUT2D eigenvalue weighted by Crippen LogP contribution is 2.34. The molecule has 0 spiro atoms. The van der Waals surface area contributed by atoms with Crippen molar-refractivity contribution < 1.29 is 4.74 Å². The van der Waals surface area contributed by atoms with Gasteiger partial charge in [0.1, 0.15) is 0 Å². The van der Waals surface area contributed by atoms with Gasteiger partial charge >= 0.3 is 0 Å². The van der Waals surface area contributed by atoms with Gasteiger partial charge in [0.05, 0.1) is 11.5 Å². The lowest BCUT2D eigenvalue weighted by Gasteiger charge is -2.31. The first-order valence-corrected chi connectivity index (χ1v) is 6.20. The first-order chi connectivity index (χ1) is 8.15. The van der Waals surface area contributed by atoms with Crippen LogP contribution in [0.1, 0.15) is 29.5 Å². The van der Waals surface area contributed by atoms with Crippen molar-refractivity contribution in [3.63, 3.8) is 0 Å². The van der Waals surface area contributed by atoms with E-state index in [-0.39, 0.29) is 5.41 Å². The zero-order valence-corrected chi connectivity index (χ0v) is 10.6. The van der Waals surface area contributed by atoms with Crippen LogP contribution < -0.4 is 0 Å². The van der Waals surface area contributed by atoms with Gasteiger partial charge in [0.25, 0.3) is 0 Å². The number of benzene rings is 1. The van der Waals surface area contributed by atoms with Crippen molar-refractivity contribution in [3.05, 3.63) is 34.9 Å². The minimum atomic E-state index is -0.212. The first-order valence-electron chi connectivity index (χ1n) is 6.20. The molecule has 17 heavy (non-hydrogen) atoms. The fraction of sp³-hybridized carbons (Fsp3) is 0.533. The van der Waals surface area contributed by atoms with Gasteiger partial charge < -0.3 is 4.74 Å². The molecule has 0 amide bonds. The first kappa shape index (κ1) is 12.1. The largest absolute Gasteiger partial charge is 0.381 e. The highest BCUT2D eigenvalue weighted by atomic mass is 16.5. The molecule has 0 bridgehead atoms. The van der Waals surface area contributed by atoms with E-state index in [2.05, 4.69) is 38.1 Å². The van der Waals surface area contributed by atoms with Crippen molar-refractivity contribution in [1.29, 1.82) is 5.26 Å². The van der Waals surface area contributed by atoms with Gasteiger partial charge in [0.2, 0.25) is 0 Å². The summed E-state index contributed by atoms with van der Waals surface area (Å²) in [6, 6.07) is 9.02. The third-order valence-electron chi connectivity index (χ3n) is 3.72. The summed E-state index contributed by atoms with van der Waals surface area (Å²) < 4.78 is 5.37. The molecule has 1 heterocycles. The van der Waals surface area contributed by atoms with E-state index in [1.165, 1.54) is 16.7 Å². The minimum absolute atomic E-state index is 0.212. The molecule has 90 valence electrons. The Hall–Kier alpha value is -1.33. The van der Waals surface area contributed by atoms with Crippen molar-refractivity contribution in [1.82, 2.24) is 0 Å². The second-order valence-corrected chi connectivity index (χ2v) is 5.11. The molecular formula is C15H19NO. The van der Waals surface area contributed by atoms with Crippen molar-refractivity contribution in [2.75, 3.05) is 13.2 Å². The normalized spacial score (nSPS) is 18.6. The van der Waals surface area contributed by atoms with Crippen LogP contribution in [-0.2, 0) is 11.2 Å². The van der Waals surface area contributed by atoms with Crippen LogP contribution >= 0.6 is 0 Å². The molecule has 0 aliphatic carbocycles. The summed E-state index contributed by atoms with van der Waals surface area (Å²) in [6.45, 7) is 5.67. The Morgan fingerprint density at radius 2 is 2.00 bits per heavy atom. The van der Waals surface area contributed by atoms with E-state index in [1.54, 1.807) is 0 Å². The maximum absolute atomic E-state index is 9.46. The zero-order chi connectivity index (χ0) is 12.3. The van der Waals surface area contributed by atoms with Crippen LogP contribution in [0.4, 0.5) is 0 Å². The number of aryl methyl sites for hydroxylation is 2. The summed E-state index contributed by atoms with van der Waals surface area (Å²) in [4.78, 5) is 0. The number of nitrogens with zero attached hydrogens (tertiary/aromatic N) is 1. The molecule has 2 heteroatoms. The summed E-state index contributed by atoms with van der Waals surface area (Å²) in [5, 5.41) is 9.46. The molecule has 0 N–H and O–H groups in total. The van der Waals surface area contributed by atoms with Crippen molar-refractivity contribution in [2.45, 2.75) is 33.1 Å². The van der Waals surface area contributed by atoms with Gasteiger partial charge in [-0.05, 0) is 44.2 Å². The van der Waals surface area contributed by atoms with Crippen LogP contribution in [0.15, 0.2) is 18.2 Å². The van der Waals surface area contributed by atoms with E-state index in [0.29, 0.717) is 0 Å². The summed E-state index contributed by atoms with van der Waals surface area (Å²) in [7, 11) is 0. The molecule has 0 unspecified atom stereocenters. The van der Waals surface area contributed by atoms with Gasteiger partial charge in [-0.3, -0.25) is 0 Å². The van der Waals surface area contributed by atoms with E-state index >= 15 is 0 Å². The van der Waals surface area contributed by atoms with Gasteiger partial charge in [0.15, 0.2) is 0 Å². The highest BCUT2D eigenvalue weighted by molar-refractivity contribution is 5.32. The monoisotopic (exact) mass is 229 g/mol. The maximum Gasteiger partial charge on any atom is 0.0695 e. The molecule has 1 aromatic carbocycles. The molecule has 2 rings (SSSR count). The second kappa shape index (κ2) is 4.89. The van der Waals surface area contributed by atoms with Gasteiger partial charge in [-0.15, -0.1) is 0 Å². The van der Waals surface area contributed by atoms with E-state index in [1.807, 2.05) is 0 Å². The predicted molar refractivity (Wildman–Crippen MR) is 67.7 cm³/mol. The lowest BCUT2D eigenvalue weighted by molar-refractivity contribution is 0.0406. The van der Waals surface area contributed by atoms with Crippen LogP contribution in [-0.4, -0.2) is 13.2 Å². The Morgan fingerprint density at radius 3 is 2.65 bits per heavy atom. The molecule has 0 aromatic heterocycles. The Kier molecular flexibility index (Phi) is 3.49. The van der Waals surface area contributed by atoms with Crippen LogP contribution in [0, 0.1) is 30.6 Å². The number of ether oxygens (including phenoxy) is 1. The van der Waals surface area contributed by atoms with E-state index in [4.69, 9.17) is 4.74 Å². The predicted octanol–water partition coefficient (Wildman–Crippen LogP) is 3.17. The van der Waals surface area contributed by atoms with Gasteiger partial charge in [-0.2, -0.15) is 5.26 Å². The maximum atomic E-state index is 9.46. The second-order valence-electron chi connectivity index (χ2n) is 5.11. The quantitative estimate of drug-likeness (QED) is 0.780. The standard InChI is InChI=1S/C15H19NO/c1-12-3-4-13(2)14(9-12)10-15(11-16)5-7-17-8-6-15/h3-4,9H,5-8,10H2,1-2H3. The van der Waals surface area contributed by atoms with Crippen LogP contribution in [0.5, 0.6) is 0 Å². The van der Waals surface area contributed by atoms with E-state index in [0.717, 1.165) is 32.5 Å². The molecule has 0 atom stereocenters. The highest BCUT2D eigenvalue weighted by Gasteiger charge is 2.33. The van der Waals surface area contributed by atoms with Gasteiger partial charge in [0, 0.05) is 13.2 Å².